The predicted octanol–water partition coefficient (Wildman–Crippen LogP) is 3.93. The van der Waals surface area contributed by atoms with Crippen LogP contribution in [0, 0.1) is 0 Å². The van der Waals surface area contributed by atoms with E-state index in [1.807, 2.05) is 0 Å². The fourth-order valence-corrected chi connectivity index (χ4v) is 3.32. The number of rotatable bonds is 3. The van der Waals surface area contributed by atoms with E-state index in [-0.39, 0.29) is 11.3 Å². The fourth-order valence-electron chi connectivity index (χ4n) is 2.09. The molecule has 0 unspecified atom stereocenters. The third-order valence-corrected chi connectivity index (χ3v) is 4.49. The normalized spacial score (nSPS) is 11.5. The van der Waals surface area contributed by atoms with Crippen LogP contribution < -0.4 is 5.32 Å². The molecule has 0 saturated heterocycles. The number of amides is 1. The highest BCUT2D eigenvalue weighted by atomic mass is 35.5. The van der Waals surface area contributed by atoms with Crippen molar-refractivity contribution in [1.29, 1.82) is 0 Å². The smallest absolute Gasteiger partial charge is 0.257 e. The third kappa shape index (κ3) is 3.47. The molecule has 8 heteroatoms. The Morgan fingerprint density at radius 2 is 1.96 bits per heavy atom. The van der Waals surface area contributed by atoms with E-state index in [2.05, 4.69) is 41.2 Å². The van der Waals surface area contributed by atoms with Crippen molar-refractivity contribution in [3.8, 4) is 5.00 Å². The molecule has 2 aromatic heterocycles. The average molecular weight is 362 g/mol. The molecule has 2 heterocycles. The van der Waals surface area contributed by atoms with Gasteiger partial charge in [0.05, 0.1) is 5.69 Å². The molecular formula is C16H16ClN5OS. The van der Waals surface area contributed by atoms with E-state index >= 15 is 0 Å². The molecule has 124 valence electrons. The number of thiazole rings is 1. The van der Waals surface area contributed by atoms with Crippen molar-refractivity contribution in [2.45, 2.75) is 26.2 Å². The summed E-state index contributed by atoms with van der Waals surface area (Å²) < 4.78 is 1.66. The number of anilines is 1. The molecule has 0 aliphatic carbocycles. The van der Waals surface area contributed by atoms with Gasteiger partial charge in [0.1, 0.15) is 17.7 Å². The molecule has 0 saturated carbocycles. The van der Waals surface area contributed by atoms with Crippen molar-refractivity contribution in [1.82, 2.24) is 19.7 Å². The minimum atomic E-state index is -0.231. The van der Waals surface area contributed by atoms with E-state index in [1.165, 1.54) is 17.7 Å². The molecule has 0 radical (unpaired) electrons. The van der Waals surface area contributed by atoms with Crippen LogP contribution in [0.4, 0.5) is 5.13 Å². The molecule has 1 aromatic carbocycles. The minimum Gasteiger partial charge on any atom is -0.298 e. The van der Waals surface area contributed by atoms with E-state index in [4.69, 9.17) is 11.6 Å². The third-order valence-electron chi connectivity index (χ3n) is 3.27. The van der Waals surface area contributed by atoms with E-state index in [9.17, 15) is 4.79 Å². The van der Waals surface area contributed by atoms with Gasteiger partial charge in [0.15, 0.2) is 5.13 Å². The van der Waals surface area contributed by atoms with Crippen LogP contribution in [0.3, 0.4) is 0 Å². The van der Waals surface area contributed by atoms with Crippen LogP contribution in [0.15, 0.2) is 36.9 Å². The highest BCUT2D eigenvalue weighted by Crippen LogP contribution is 2.34. The van der Waals surface area contributed by atoms with Gasteiger partial charge in [-0.1, -0.05) is 43.7 Å². The van der Waals surface area contributed by atoms with E-state index in [0.29, 0.717) is 15.7 Å². The molecule has 0 aliphatic rings. The zero-order valence-electron chi connectivity index (χ0n) is 13.4. The highest BCUT2D eigenvalue weighted by Gasteiger charge is 2.25. The van der Waals surface area contributed by atoms with Crippen LogP contribution in [0.1, 0.15) is 36.8 Å². The van der Waals surface area contributed by atoms with Crippen LogP contribution in [0.25, 0.3) is 5.00 Å². The molecule has 0 aliphatic heterocycles. The molecule has 0 bridgehead atoms. The molecule has 0 fully saturated rings. The van der Waals surface area contributed by atoms with Gasteiger partial charge in [-0.25, -0.2) is 14.6 Å². The average Bonchev–Trinajstić information content (AvgIpc) is 3.15. The first-order valence-electron chi connectivity index (χ1n) is 7.28. The summed E-state index contributed by atoms with van der Waals surface area (Å²) in [6.45, 7) is 6.19. The standard InChI is InChI=1S/C16H16ClN5OS/c1-16(2,3)12-14(22-9-18-8-19-22)24-15(20-12)21-13(23)10-4-6-11(17)7-5-10/h4-9H,1-3H3,(H,20,21,23). The van der Waals surface area contributed by atoms with Gasteiger partial charge >= 0.3 is 0 Å². The maximum atomic E-state index is 12.4. The number of hydrogen-bond donors (Lipinski definition) is 1. The van der Waals surface area contributed by atoms with Crippen LogP contribution in [-0.2, 0) is 5.41 Å². The summed E-state index contributed by atoms with van der Waals surface area (Å²) in [5.74, 6) is -0.231. The van der Waals surface area contributed by atoms with Crippen molar-refractivity contribution in [3.63, 3.8) is 0 Å². The topological polar surface area (TPSA) is 72.7 Å². The first kappa shape index (κ1) is 16.6. The van der Waals surface area contributed by atoms with Crippen molar-refractivity contribution < 1.29 is 4.79 Å². The van der Waals surface area contributed by atoms with Crippen LogP contribution in [0.2, 0.25) is 5.02 Å². The van der Waals surface area contributed by atoms with Crippen molar-refractivity contribution in [2.24, 2.45) is 0 Å². The largest absolute Gasteiger partial charge is 0.298 e. The summed E-state index contributed by atoms with van der Waals surface area (Å²) >= 11 is 7.21. The first-order valence-corrected chi connectivity index (χ1v) is 8.47. The summed E-state index contributed by atoms with van der Waals surface area (Å²) in [6.07, 6.45) is 3.09. The molecule has 3 rings (SSSR count). The van der Waals surface area contributed by atoms with Crippen LogP contribution in [0.5, 0.6) is 0 Å². The number of nitrogens with zero attached hydrogens (tertiary/aromatic N) is 4. The summed E-state index contributed by atoms with van der Waals surface area (Å²) in [5.41, 5.74) is 1.18. The fraction of sp³-hybridized carbons (Fsp3) is 0.250. The van der Waals surface area contributed by atoms with Crippen LogP contribution >= 0.6 is 22.9 Å². The van der Waals surface area contributed by atoms with E-state index < -0.39 is 0 Å². The van der Waals surface area contributed by atoms with Gasteiger partial charge in [-0.05, 0) is 24.3 Å². The summed E-state index contributed by atoms with van der Waals surface area (Å²) in [5, 5.41) is 8.95. The first-order chi connectivity index (χ1) is 11.3. The molecule has 1 N–H and O–H groups in total. The Bertz CT molecular complexity index is 850. The van der Waals surface area contributed by atoms with Crippen LogP contribution in [-0.4, -0.2) is 25.7 Å². The number of carbonyl (C=O) groups is 1. The summed E-state index contributed by atoms with van der Waals surface area (Å²) in [7, 11) is 0. The van der Waals surface area contributed by atoms with E-state index in [0.717, 1.165) is 10.7 Å². The summed E-state index contributed by atoms with van der Waals surface area (Å²) in [6, 6.07) is 6.71. The van der Waals surface area contributed by atoms with Gasteiger partial charge in [-0.2, -0.15) is 5.10 Å². The van der Waals surface area contributed by atoms with Crippen molar-refractivity contribution in [3.05, 3.63) is 53.2 Å². The Kier molecular flexibility index (Phi) is 4.38. The summed E-state index contributed by atoms with van der Waals surface area (Å²) in [4.78, 5) is 20.9. The number of hydrogen-bond acceptors (Lipinski definition) is 5. The molecule has 1 amide bonds. The number of aromatic nitrogens is 4. The second-order valence-corrected chi connectivity index (χ2v) is 7.64. The molecule has 6 nitrogen and oxygen atoms in total. The van der Waals surface area contributed by atoms with Gasteiger partial charge in [-0.15, -0.1) is 0 Å². The quantitative estimate of drug-likeness (QED) is 0.767. The lowest BCUT2D eigenvalue weighted by molar-refractivity contribution is 0.102. The van der Waals surface area contributed by atoms with Gasteiger partial charge in [0.2, 0.25) is 0 Å². The SMILES string of the molecule is CC(C)(C)c1nc(NC(=O)c2ccc(Cl)cc2)sc1-n1cncn1. The highest BCUT2D eigenvalue weighted by molar-refractivity contribution is 7.18. The maximum absolute atomic E-state index is 12.4. The lowest BCUT2D eigenvalue weighted by Crippen LogP contribution is -2.16. The number of benzene rings is 1. The Balaban J connectivity index is 1.92. The lowest BCUT2D eigenvalue weighted by atomic mass is 9.92. The van der Waals surface area contributed by atoms with E-state index in [1.54, 1.807) is 35.3 Å². The zero-order chi connectivity index (χ0) is 17.3. The second kappa shape index (κ2) is 6.33. The maximum Gasteiger partial charge on any atom is 0.257 e. The Morgan fingerprint density at radius 1 is 1.25 bits per heavy atom. The van der Waals surface area contributed by atoms with Gasteiger partial charge in [0, 0.05) is 16.0 Å². The Labute approximate surface area is 148 Å². The van der Waals surface area contributed by atoms with Crippen molar-refractivity contribution in [2.75, 3.05) is 5.32 Å². The van der Waals surface area contributed by atoms with Gasteiger partial charge < -0.3 is 0 Å². The molecule has 3 aromatic rings. The molecule has 24 heavy (non-hydrogen) atoms. The van der Waals surface area contributed by atoms with Gasteiger partial charge in [0.25, 0.3) is 5.91 Å². The Hall–Kier alpha value is -2.25. The second-order valence-electron chi connectivity index (χ2n) is 6.22. The molecule has 0 spiro atoms. The number of halogens is 1. The predicted molar refractivity (Wildman–Crippen MR) is 95.1 cm³/mol. The zero-order valence-corrected chi connectivity index (χ0v) is 15.0. The molecular weight excluding hydrogens is 346 g/mol. The monoisotopic (exact) mass is 361 g/mol. The minimum absolute atomic E-state index is 0.193. The number of nitrogens with one attached hydrogen (secondary N) is 1. The Morgan fingerprint density at radius 3 is 2.54 bits per heavy atom. The van der Waals surface area contributed by atoms with Crippen molar-refractivity contribution >= 4 is 34.0 Å². The van der Waals surface area contributed by atoms with Gasteiger partial charge in [-0.3, -0.25) is 10.1 Å². The number of carbonyl (C=O) groups excluding carboxylic acids is 1. The lowest BCUT2D eigenvalue weighted by Gasteiger charge is -2.16. The molecule has 0 atom stereocenters.